The first-order chi connectivity index (χ1) is 4.70. The van der Waals surface area contributed by atoms with Gasteiger partial charge in [-0.05, 0) is 11.5 Å². The van der Waals surface area contributed by atoms with Gasteiger partial charge in [0.25, 0.3) is 0 Å². The molecule has 1 nitrogen and oxygen atoms in total. The van der Waals surface area contributed by atoms with Crippen LogP contribution in [-0.4, -0.2) is 32.0 Å². The Balaban J connectivity index is 2.22. The highest BCUT2D eigenvalue weighted by Crippen LogP contribution is 2.34. The maximum atomic E-state index is 6.06. The summed E-state index contributed by atoms with van der Waals surface area (Å²) in [5, 5.41) is 0. The van der Waals surface area contributed by atoms with Gasteiger partial charge in [-0.3, -0.25) is 0 Å². The molecule has 2 heteroatoms. The molecule has 2 bridgehead atoms. The average molecular weight is 134 g/mol. The van der Waals surface area contributed by atoms with Crippen LogP contribution < -0.4 is 0 Å². The standard InChI is InChI=1S/C8H13BN/c1-7-6-10(9)4-2-8(7)3-5-10/h8H,1-6H2/q+1. The molecule has 3 heterocycles. The summed E-state index contributed by atoms with van der Waals surface area (Å²) in [4.78, 5) is 0. The molecule has 3 fully saturated rings. The van der Waals surface area contributed by atoms with Gasteiger partial charge in [0.15, 0.2) is 0 Å². The van der Waals surface area contributed by atoms with Crippen molar-refractivity contribution in [2.45, 2.75) is 12.8 Å². The van der Waals surface area contributed by atoms with Gasteiger partial charge < -0.3 is 4.39 Å². The second-order valence-corrected chi connectivity index (χ2v) is 3.76. The third kappa shape index (κ3) is 0.824. The van der Waals surface area contributed by atoms with Crippen molar-refractivity contribution < 1.29 is 4.39 Å². The van der Waals surface area contributed by atoms with E-state index in [2.05, 4.69) is 6.58 Å². The summed E-state index contributed by atoms with van der Waals surface area (Å²) in [5.41, 5.74) is 1.39. The maximum Gasteiger partial charge on any atom is 0.481 e. The SMILES string of the molecule is [B][N+]12CCC(CC1)C(=C)C2. The molecule has 0 saturated carbocycles. The number of fused-ring (bicyclic) bond motifs is 3. The van der Waals surface area contributed by atoms with Crippen molar-refractivity contribution in [3.63, 3.8) is 0 Å². The molecule has 52 valence electrons. The van der Waals surface area contributed by atoms with Gasteiger partial charge in [0, 0.05) is 12.8 Å². The fraction of sp³-hybridized carbons (Fsp3) is 0.750. The van der Waals surface area contributed by atoms with Gasteiger partial charge in [-0.2, -0.15) is 0 Å². The van der Waals surface area contributed by atoms with Crippen LogP contribution in [0.5, 0.6) is 0 Å². The lowest BCUT2D eigenvalue weighted by Gasteiger charge is -2.48. The van der Waals surface area contributed by atoms with Gasteiger partial charge in [-0.25, -0.2) is 0 Å². The molecule has 0 N–H and O–H groups in total. The summed E-state index contributed by atoms with van der Waals surface area (Å²) in [7, 11) is 6.06. The van der Waals surface area contributed by atoms with E-state index >= 15 is 0 Å². The quantitative estimate of drug-likeness (QED) is 0.340. The van der Waals surface area contributed by atoms with Gasteiger partial charge in [0.05, 0.1) is 19.6 Å². The van der Waals surface area contributed by atoms with Crippen LogP contribution in [0.15, 0.2) is 12.2 Å². The largest absolute Gasteiger partial charge is 0.481 e. The van der Waals surface area contributed by atoms with Crippen molar-refractivity contribution in [1.29, 1.82) is 0 Å². The summed E-state index contributed by atoms with van der Waals surface area (Å²) in [5.74, 6) is 0.809. The molecular formula is C8H13BN+. The van der Waals surface area contributed by atoms with Crippen LogP contribution in [0.3, 0.4) is 0 Å². The molecule has 0 aliphatic carbocycles. The molecule has 0 spiro atoms. The first-order valence-electron chi connectivity index (χ1n) is 4.02. The van der Waals surface area contributed by atoms with E-state index in [1.165, 1.54) is 31.5 Å². The summed E-state index contributed by atoms with van der Waals surface area (Å²) >= 11 is 0. The Morgan fingerprint density at radius 2 is 2.00 bits per heavy atom. The molecule has 0 aromatic carbocycles. The smallest absolute Gasteiger partial charge is 0.393 e. The van der Waals surface area contributed by atoms with Crippen molar-refractivity contribution >= 4 is 7.98 Å². The Morgan fingerprint density at radius 3 is 2.30 bits per heavy atom. The Kier molecular flexibility index (Phi) is 1.22. The Hall–Kier alpha value is -0.235. The molecule has 3 saturated heterocycles. The third-order valence-electron chi connectivity index (χ3n) is 2.94. The van der Waals surface area contributed by atoms with E-state index in [9.17, 15) is 0 Å². The van der Waals surface area contributed by atoms with Crippen LogP contribution in [0.2, 0.25) is 0 Å². The molecular weight excluding hydrogens is 121 g/mol. The van der Waals surface area contributed by atoms with Crippen LogP contribution in [-0.2, 0) is 0 Å². The van der Waals surface area contributed by atoms with E-state index in [1.54, 1.807) is 0 Å². The minimum Gasteiger partial charge on any atom is -0.393 e. The van der Waals surface area contributed by atoms with Crippen molar-refractivity contribution in [2.24, 2.45) is 5.92 Å². The average Bonchev–Trinajstić information content (AvgIpc) is 1.87. The lowest BCUT2D eigenvalue weighted by atomic mass is 9.80. The van der Waals surface area contributed by atoms with Crippen molar-refractivity contribution in [1.82, 2.24) is 0 Å². The van der Waals surface area contributed by atoms with Crippen LogP contribution in [0.4, 0.5) is 0 Å². The molecule has 3 rings (SSSR count). The number of hydrogen-bond donors (Lipinski definition) is 0. The molecule has 3 aliphatic heterocycles. The molecule has 0 aromatic rings. The van der Waals surface area contributed by atoms with Gasteiger partial charge in [-0.15, -0.1) is 0 Å². The Morgan fingerprint density at radius 1 is 1.40 bits per heavy atom. The lowest BCUT2D eigenvalue weighted by Crippen LogP contribution is -2.57. The number of hydrogen-bond acceptors (Lipinski definition) is 0. The van der Waals surface area contributed by atoms with E-state index in [1.807, 2.05) is 0 Å². The molecule has 0 amide bonds. The zero-order valence-electron chi connectivity index (χ0n) is 6.34. The number of nitrogens with zero attached hydrogens (tertiary/aromatic N) is 1. The van der Waals surface area contributed by atoms with Crippen LogP contribution in [0.25, 0.3) is 0 Å². The van der Waals surface area contributed by atoms with Crippen molar-refractivity contribution in [2.75, 3.05) is 19.6 Å². The summed E-state index contributed by atoms with van der Waals surface area (Å²) in [6.45, 7) is 7.42. The van der Waals surface area contributed by atoms with Crippen molar-refractivity contribution in [3.05, 3.63) is 12.2 Å². The van der Waals surface area contributed by atoms with E-state index in [4.69, 9.17) is 7.98 Å². The fourth-order valence-corrected chi connectivity index (χ4v) is 2.18. The van der Waals surface area contributed by atoms with E-state index < -0.39 is 0 Å². The molecule has 0 atom stereocenters. The van der Waals surface area contributed by atoms with E-state index in [0.29, 0.717) is 0 Å². The highest BCUT2D eigenvalue weighted by Gasteiger charge is 2.38. The van der Waals surface area contributed by atoms with Crippen LogP contribution >= 0.6 is 0 Å². The minimum atomic E-state index is 0.773. The highest BCUT2D eigenvalue weighted by molar-refractivity contribution is 5.97. The number of piperidine rings is 3. The summed E-state index contributed by atoms with van der Waals surface area (Å²) in [6.07, 6.45) is 2.55. The molecule has 10 heavy (non-hydrogen) atoms. The molecule has 2 radical (unpaired) electrons. The molecule has 3 aliphatic rings. The van der Waals surface area contributed by atoms with Crippen molar-refractivity contribution in [3.8, 4) is 0 Å². The molecule has 0 aromatic heterocycles. The third-order valence-corrected chi connectivity index (χ3v) is 2.94. The monoisotopic (exact) mass is 134 g/mol. The summed E-state index contributed by atoms with van der Waals surface area (Å²) in [6, 6.07) is 0. The van der Waals surface area contributed by atoms with Gasteiger partial charge in [0.1, 0.15) is 0 Å². The number of quaternary nitrogens is 1. The Labute approximate surface area is 63.7 Å². The van der Waals surface area contributed by atoms with Gasteiger partial charge in [0.2, 0.25) is 0 Å². The minimum absolute atomic E-state index is 0.773. The first-order valence-corrected chi connectivity index (χ1v) is 4.02. The van der Waals surface area contributed by atoms with E-state index in [-0.39, 0.29) is 0 Å². The lowest BCUT2D eigenvalue weighted by molar-refractivity contribution is -0.827. The predicted molar refractivity (Wildman–Crippen MR) is 42.5 cm³/mol. The van der Waals surface area contributed by atoms with Gasteiger partial charge >= 0.3 is 7.98 Å². The number of rotatable bonds is 0. The maximum absolute atomic E-state index is 6.06. The van der Waals surface area contributed by atoms with E-state index in [0.717, 1.165) is 16.9 Å². The topological polar surface area (TPSA) is 0 Å². The second-order valence-electron chi connectivity index (χ2n) is 3.76. The zero-order chi connectivity index (χ0) is 7.19. The normalized spacial score (nSPS) is 46.0. The van der Waals surface area contributed by atoms with Gasteiger partial charge in [-0.1, -0.05) is 6.58 Å². The van der Waals surface area contributed by atoms with Crippen LogP contribution in [0.1, 0.15) is 12.8 Å². The molecule has 0 unspecified atom stereocenters. The fourth-order valence-electron chi connectivity index (χ4n) is 2.18. The summed E-state index contributed by atoms with van der Waals surface area (Å²) < 4.78 is 0.773. The predicted octanol–water partition coefficient (Wildman–Crippen LogP) is 0.866. The Bertz CT molecular complexity index is 168. The van der Waals surface area contributed by atoms with Crippen LogP contribution in [0, 0.1) is 5.92 Å². The first kappa shape index (κ1) is 6.47. The second kappa shape index (κ2) is 1.88. The zero-order valence-corrected chi connectivity index (χ0v) is 6.34. The highest BCUT2D eigenvalue weighted by atomic mass is 15.3.